The van der Waals surface area contributed by atoms with Crippen LogP contribution in [-0.4, -0.2) is 49.6 Å². The summed E-state index contributed by atoms with van der Waals surface area (Å²) in [7, 11) is 1.80. The minimum Gasteiger partial charge on any atom is -0.436 e. The second-order valence-electron chi connectivity index (χ2n) is 10.3. The van der Waals surface area contributed by atoms with Crippen molar-refractivity contribution < 1.29 is 9.13 Å². The molecule has 0 bridgehead atoms. The molecule has 0 unspecified atom stereocenters. The smallest absolute Gasteiger partial charge is 0.238 e. The van der Waals surface area contributed by atoms with Gasteiger partial charge in [0.05, 0.1) is 16.9 Å². The third-order valence-electron chi connectivity index (χ3n) is 8.34. The SMILES string of the molecule is Cn1ccc(Oc2ccc(-c3[nH]nc4nc(N5CC[C@@H]6[C@H](C5)[C@@]6(CN)c5ccccc5F)cnc34)c(Cl)c2Cl)n1. The van der Waals surface area contributed by atoms with Crippen LogP contribution in [0.3, 0.4) is 0 Å². The van der Waals surface area contributed by atoms with Crippen molar-refractivity contribution in [3.8, 4) is 22.9 Å². The van der Waals surface area contributed by atoms with Crippen molar-refractivity contribution in [3.63, 3.8) is 0 Å². The first-order valence-corrected chi connectivity index (χ1v) is 13.7. The topological polar surface area (TPSA) is 111 Å². The number of nitrogens with zero attached hydrogens (tertiary/aromatic N) is 6. The lowest BCUT2D eigenvalue weighted by atomic mass is 9.91. The number of aryl methyl sites for hydroxylation is 1. The maximum Gasteiger partial charge on any atom is 0.238 e. The van der Waals surface area contributed by atoms with Gasteiger partial charge in [0, 0.05) is 49.9 Å². The molecule has 1 aliphatic heterocycles. The monoisotopic (exact) mass is 578 g/mol. The molecule has 3 N–H and O–H groups in total. The van der Waals surface area contributed by atoms with E-state index in [-0.39, 0.29) is 22.2 Å². The summed E-state index contributed by atoms with van der Waals surface area (Å²) < 4.78 is 22.2. The third kappa shape index (κ3) is 3.85. The number of nitrogens with two attached hydrogens (primary N) is 1. The molecular weight excluding hydrogens is 554 g/mol. The Morgan fingerprint density at radius 1 is 1.15 bits per heavy atom. The lowest BCUT2D eigenvalue weighted by Crippen LogP contribution is -2.32. The quantitative estimate of drug-likeness (QED) is 0.279. The molecule has 0 amide bonds. The molecule has 1 aliphatic carbocycles. The van der Waals surface area contributed by atoms with Crippen LogP contribution >= 0.6 is 23.2 Å². The molecule has 7 rings (SSSR count). The van der Waals surface area contributed by atoms with Gasteiger partial charge in [0.2, 0.25) is 11.5 Å². The van der Waals surface area contributed by atoms with Crippen molar-refractivity contribution in [2.45, 2.75) is 11.8 Å². The Kier molecular flexibility index (Phi) is 5.95. The van der Waals surface area contributed by atoms with Crippen LogP contribution in [0.2, 0.25) is 10.0 Å². The average molecular weight is 579 g/mol. The highest BCUT2D eigenvalue weighted by atomic mass is 35.5. The van der Waals surface area contributed by atoms with Crippen molar-refractivity contribution in [2.75, 3.05) is 24.5 Å². The maximum atomic E-state index is 14.7. The van der Waals surface area contributed by atoms with Gasteiger partial charge in [0.1, 0.15) is 27.9 Å². The Morgan fingerprint density at radius 2 is 2.00 bits per heavy atom. The molecule has 0 radical (unpaired) electrons. The number of ether oxygens (including phenoxy) is 1. The molecule has 2 aromatic carbocycles. The summed E-state index contributed by atoms with van der Waals surface area (Å²) in [5.41, 5.74) is 8.91. The molecular formula is C28H25Cl2FN8O. The number of piperidine rings is 1. The molecule has 2 fully saturated rings. The molecule has 5 aromatic rings. The van der Waals surface area contributed by atoms with Crippen LogP contribution in [-0.2, 0) is 12.5 Å². The van der Waals surface area contributed by atoms with Crippen LogP contribution in [0.5, 0.6) is 11.6 Å². The highest BCUT2D eigenvalue weighted by Crippen LogP contribution is 2.63. The van der Waals surface area contributed by atoms with Gasteiger partial charge in [-0.15, -0.1) is 5.10 Å². The van der Waals surface area contributed by atoms with Gasteiger partial charge in [-0.3, -0.25) is 9.78 Å². The van der Waals surface area contributed by atoms with Crippen LogP contribution in [0.4, 0.5) is 10.2 Å². The fraction of sp³-hybridized carbons (Fsp3) is 0.286. The largest absolute Gasteiger partial charge is 0.436 e. The summed E-state index contributed by atoms with van der Waals surface area (Å²) in [4.78, 5) is 11.7. The zero-order valence-electron chi connectivity index (χ0n) is 21.5. The van der Waals surface area contributed by atoms with E-state index in [0.29, 0.717) is 51.5 Å². The van der Waals surface area contributed by atoms with E-state index in [4.69, 9.17) is 43.6 Å². The van der Waals surface area contributed by atoms with Crippen molar-refractivity contribution >= 4 is 40.2 Å². The minimum absolute atomic E-state index is 0.186. The molecule has 9 nitrogen and oxygen atoms in total. The van der Waals surface area contributed by atoms with Gasteiger partial charge in [0.15, 0.2) is 0 Å². The Morgan fingerprint density at radius 3 is 2.77 bits per heavy atom. The van der Waals surface area contributed by atoms with Gasteiger partial charge in [-0.1, -0.05) is 41.4 Å². The molecule has 2 aliphatic rings. The van der Waals surface area contributed by atoms with E-state index >= 15 is 0 Å². The Bertz CT molecular complexity index is 1760. The zero-order chi connectivity index (χ0) is 27.6. The third-order valence-corrected chi connectivity index (χ3v) is 9.20. The standard InChI is InChI=1S/C28H25Cl2FN8O/c1-38-10-9-22(37-38)40-20-7-6-15(23(29)24(20)30)25-26-27(36-35-25)34-21(12-33-26)39-11-8-16-18(13-39)28(16,14-32)17-4-2-3-5-19(17)31/h2-7,9-10,12,16,18H,8,11,13-14,32H2,1H3,(H,34,35,36)/t16-,18+,28-/m1/s1. The predicted molar refractivity (Wildman–Crippen MR) is 151 cm³/mol. The molecule has 4 heterocycles. The first-order chi connectivity index (χ1) is 19.4. The number of hydrogen-bond donors (Lipinski definition) is 2. The zero-order valence-corrected chi connectivity index (χ0v) is 23.0. The number of aromatic amines is 1. The van der Waals surface area contributed by atoms with E-state index in [9.17, 15) is 4.39 Å². The number of hydrogen-bond acceptors (Lipinski definition) is 7. The van der Waals surface area contributed by atoms with Gasteiger partial charge in [0.25, 0.3) is 0 Å². The summed E-state index contributed by atoms with van der Waals surface area (Å²) in [6.45, 7) is 1.93. The number of rotatable bonds is 6. The van der Waals surface area contributed by atoms with E-state index < -0.39 is 0 Å². The van der Waals surface area contributed by atoms with Gasteiger partial charge >= 0.3 is 0 Å². The van der Waals surface area contributed by atoms with Crippen LogP contribution in [0.1, 0.15) is 12.0 Å². The molecule has 204 valence electrons. The fourth-order valence-electron chi connectivity index (χ4n) is 6.33. The molecule has 12 heteroatoms. The van der Waals surface area contributed by atoms with Gasteiger partial charge < -0.3 is 15.4 Å². The number of anilines is 1. The van der Waals surface area contributed by atoms with Crippen molar-refractivity contribution in [3.05, 3.63) is 76.3 Å². The second kappa shape index (κ2) is 9.43. The van der Waals surface area contributed by atoms with Crippen LogP contribution in [0.15, 0.2) is 54.9 Å². The second-order valence-corrected chi connectivity index (χ2v) is 11.1. The van der Waals surface area contributed by atoms with Gasteiger partial charge in [-0.2, -0.15) is 5.10 Å². The molecule has 40 heavy (non-hydrogen) atoms. The number of halogens is 3. The number of fused-ring (bicyclic) bond motifs is 2. The first-order valence-electron chi connectivity index (χ1n) is 13.0. The molecule has 3 aromatic heterocycles. The van der Waals surface area contributed by atoms with E-state index in [1.54, 1.807) is 48.4 Å². The summed E-state index contributed by atoms with van der Waals surface area (Å²) >= 11 is 13.2. The van der Waals surface area contributed by atoms with Crippen molar-refractivity contribution in [1.82, 2.24) is 29.9 Å². The predicted octanol–water partition coefficient (Wildman–Crippen LogP) is 5.34. The minimum atomic E-state index is -0.334. The number of benzene rings is 2. The fourth-order valence-corrected chi connectivity index (χ4v) is 6.78. The van der Waals surface area contributed by atoms with Gasteiger partial charge in [-0.25, -0.2) is 14.4 Å². The lowest BCUT2D eigenvalue weighted by Gasteiger charge is -2.26. The lowest BCUT2D eigenvalue weighted by molar-refractivity contribution is 0.454. The molecule has 3 atom stereocenters. The van der Waals surface area contributed by atoms with Crippen LogP contribution in [0, 0.1) is 17.7 Å². The summed E-state index contributed by atoms with van der Waals surface area (Å²) in [6.07, 6.45) is 4.42. The van der Waals surface area contributed by atoms with E-state index in [2.05, 4.69) is 20.2 Å². The van der Waals surface area contributed by atoms with E-state index in [1.165, 1.54) is 6.07 Å². The highest BCUT2D eigenvalue weighted by Gasteiger charge is 2.66. The van der Waals surface area contributed by atoms with Gasteiger partial charge in [-0.05, 0) is 42.0 Å². The van der Waals surface area contributed by atoms with Crippen LogP contribution < -0.4 is 15.4 Å². The number of nitrogens with one attached hydrogen (secondary N) is 1. The highest BCUT2D eigenvalue weighted by molar-refractivity contribution is 6.44. The Hall–Kier alpha value is -3.73. The summed E-state index contributed by atoms with van der Waals surface area (Å²) in [5, 5.41) is 12.2. The van der Waals surface area contributed by atoms with E-state index in [1.807, 2.05) is 12.1 Å². The first kappa shape index (κ1) is 25.3. The summed E-state index contributed by atoms with van der Waals surface area (Å²) in [5.74, 6) is 1.94. The Balaban J connectivity index is 1.14. The Labute approximate surface area is 239 Å². The molecule has 0 spiro atoms. The van der Waals surface area contributed by atoms with Crippen LogP contribution in [0.25, 0.3) is 22.4 Å². The maximum absolute atomic E-state index is 14.7. The van der Waals surface area contributed by atoms with E-state index in [0.717, 1.165) is 30.9 Å². The van der Waals surface area contributed by atoms with Crippen molar-refractivity contribution in [2.24, 2.45) is 24.6 Å². The normalized spacial score (nSPS) is 22.0. The molecule has 1 saturated heterocycles. The summed E-state index contributed by atoms with van der Waals surface area (Å²) in [6, 6.07) is 12.2. The number of H-pyrrole nitrogens is 1. The van der Waals surface area contributed by atoms with Crippen molar-refractivity contribution in [1.29, 1.82) is 0 Å². The molecule has 1 saturated carbocycles. The average Bonchev–Trinajstić information content (AvgIpc) is 3.19. The number of aromatic nitrogens is 6.